The van der Waals surface area contributed by atoms with Crippen LogP contribution in [-0.2, 0) is 14.6 Å². The zero-order chi connectivity index (χ0) is 15.3. The van der Waals surface area contributed by atoms with Crippen LogP contribution < -0.4 is 5.32 Å². The van der Waals surface area contributed by atoms with Gasteiger partial charge in [-0.3, -0.25) is 4.79 Å². The Kier molecular flexibility index (Phi) is 6.05. The molecule has 1 saturated heterocycles. The number of nitrogens with zero attached hydrogens (tertiary/aromatic N) is 1. The van der Waals surface area contributed by atoms with Crippen LogP contribution in [0.15, 0.2) is 0 Å². The van der Waals surface area contributed by atoms with Crippen LogP contribution in [0.25, 0.3) is 0 Å². The summed E-state index contributed by atoms with van der Waals surface area (Å²) in [5.74, 6) is 0.452. The summed E-state index contributed by atoms with van der Waals surface area (Å²) in [4.78, 5) is 14.1. The Morgan fingerprint density at radius 2 is 1.90 bits per heavy atom. The summed E-state index contributed by atoms with van der Waals surface area (Å²) in [5.41, 5.74) is 0. The smallest absolute Gasteiger partial charge is 0.224 e. The number of rotatable bonds is 6. The molecule has 0 aromatic rings. The number of hydrogen-bond donors (Lipinski definition) is 1. The first-order valence-electron chi connectivity index (χ1n) is 8.25. The lowest BCUT2D eigenvalue weighted by Gasteiger charge is -2.28. The van der Waals surface area contributed by atoms with Gasteiger partial charge in [0.05, 0.1) is 11.5 Å². The third-order valence-corrected chi connectivity index (χ3v) is 6.44. The van der Waals surface area contributed by atoms with Crippen molar-refractivity contribution in [2.75, 3.05) is 24.6 Å². The molecule has 2 aliphatic rings. The largest absolute Gasteiger partial charge is 0.339 e. The van der Waals surface area contributed by atoms with Gasteiger partial charge in [-0.1, -0.05) is 19.3 Å². The van der Waals surface area contributed by atoms with Crippen molar-refractivity contribution >= 4 is 15.7 Å². The van der Waals surface area contributed by atoms with Crippen LogP contribution in [0.5, 0.6) is 0 Å². The highest BCUT2D eigenvalue weighted by Gasteiger charge is 2.33. The van der Waals surface area contributed by atoms with Crippen molar-refractivity contribution in [1.29, 1.82) is 0 Å². The average molecular weight is 316 g/mol. The quantitative estimate of drug-likeness (QED) is 0.803. The van der Waals surface area contributed by atoms with Crippen LogP contribution in [-0.4, -0.2) is 55.9 Å². The zero-order valence-corrected chi connectivity index (χ0v) is 13.8. The van der Waals surface area contributed by atoms with Crippen LogP contribution in [0.1, 0.15) is 51.9 Å². The zero-order valence-electron chi connectivity index (χ0n) is 13.0. The van der Waals surface area contributed by atoms with Gasteiger partial charge in [-0.25, -0.2) is 8.42 Å². The van der Waals surface area contributed by atoms with E-state index in [1.54, 1.807) is 4.90 Å². The number of amides is 1. The lowest BCUT2D eigenvalue weighted by atomic mass is 9.95. The summed E-state index contributed by atoms with van der Waals surface area (Å²) in [7, 11) is -2.93. The van der Waals surface area contributed by atoms with Gasteiger partial charge in [-0.05, 0) is 26.2 Å². The summed E-state index contributed by atoms with van der Waals surface area (Å²) in [6.45, 7) is 3.24. The molecular weight excluding hydrogens is 288 g/mol. The Labute approximate surface area is 128 Å². The summed E-state index contributed by atoms with van der Waals surface area (Å²) in [6.07, 6.45) is 7.40. The van der Waals surface area contributed by atoms with E-state index >= 15 is 0 Å². The first kappa shape index (κ1) is 16.7. The second-order valence-corrected chi connectivity index (χ2v) is 8.50. The Bertz CT molecular complexity index is 444. The molecule has 5 nitrogen and oxygen atoms in total. The fourth-order valence-corrected chi connectivity index (χ4v) is 5.22. The molecule has 2 rings (SSSR count). The van der Waals surface area contributed by atoms with Crippen LogP contribution >= 0.6 is 0 Å². The summed E-state index contributed by atoms with van der Waals surface area (Å²) in [6, 6.07) is 0.454. The van der Waals surface area contributed by atoms with E-state index in [0.717, 1.165) is 0 Å². The fraction of sp³-hybridized carbons (Fsp3) is 0.933. The molecule has 1 amide bonds. The third-order valence-electron chi connectivity index (χ3n) is 4.69. The minimum atomic E-state index is -2.93. The first-order chi connectivity index (χ1) is 10.0. The standard InChI is InChI=1S/C15H28N2O3S/c1-2-17(14-9-11-21(19,20)12-14)15(18)8-10-16-13-6-4-3-5-7-13/h13-14,16H,2-12H2,1H3. The normalized spacial score (nSPS) is 25.9. The molecule has 122 valence electrons. The lowest BCUT2D eigenvalue weighted by molar-refractivity contribution is -0.132. The minimum Gasteiger partial charge on any atom is -0.339 e. The molecule has 1 unspecified atom stereocenters. The molecule has 0 radical (unpaired) electrons. The summed E-state index contributed by atoms with van der Waals surface area (Å²) in [5, 5.41) is 3.47. The van der Waals surface area contributed by atoms with Crippen molar-refractivity contribution in [3.63, 3.8) is 0 Å². The Morgan fingerprint density at radius 1 is 1.19 bits per heavy atom. The Hall–Kier alpha value is -0.620. The molecule has 1 aliphatic carbocycles. The van der Waals surface area contributed by atoms with Gasteiger partial charge in [0.1, 0.15) is 0 Å². The highest BCUT2D eigenvalue weighted by Crippen LogP contribution is 2.19. The molecular formula is C15H28N2O3S. The van der Waals surface area contributed by atoms with Gasteiger partial charge >= 0.3 is 0 Å². The number of hydrogen-bond acceptors (Lipinski definition) is 4. The first-order valence-corrected chi connectivity index (χ1v) is 10.1. The number of carbonyl (C=O) groups is 1. The van der Waals surface area contributed by atoms with Crippen LogP contribution in [0.4, 0.5) is 0 Å². The number of nitrogens with one attached hydrogen (secondary N) is 1. The molecule has 21 heavy (non-hydrogen) atoms. The van der Waals surface area contributed by atoms with Gasteiger partial charge in [0, 0.05) is 31.6 Å². The highest BCUT2D eigenvalue weighted by atomic mass is 32.2. The van der Waals surface area contributed by atoms with Gasteiger partial charge in [0.2, 0.25) is 5.91 Å². The van der Waals surface area contributed by atoms with E-state index < -0.39 is 9.84 Å². The molecule has 1 atom stereocenters. The second-order valence-electron chi connectivity index (χ2n) is 6.28. The average Bonchev–Trinajstić information content (AvgIpc) is 2.81. The van der Waals surface area contributed by atoms with Gasteiger partial charge < -0.3 is 10.2 Å². The predicted octanol–water partition coefficient (Wildman–Crippen LogP) is 1.33. The maximum absolute atomic E-state index is 12.3. The molecule has 1 N–H and O–H groups in total. The second kappa shape index (κ2) is 7.58. The molecule has 0 aromatic carbocycles. The monoisotopic (exact) mass is 316 g/mol. The molecule has 0 aromatic heterocycles. The Morgan fingerprint density at radius 3 is 2.48 bits per heavy atom. The van der Waals surface area contributed by atoms with Crippen LogP contribution in [0.3, 0.4) is 0 Å². The minimum absolute atomic E-state index is 0.0860. The van der Waals surface area contributed by atoms with Crippen molar-refractivity contribution < 1.29 is 13.2 Å². The van der Waals surface area contributed by atoms with Crippen LogP contribution in [0, 0.1) is 0 Å². The van der Waals surface area contributed by atoms with Gasteiger partial charge in [0.15, 0.2) is 9.84 Å². The van der Waals surface area contributed by atoms with E-state index in [9.17, 15) is 13.2 Å². The van der Waals surface area contributed by atoms with Crippen LogP contribution in [0.2, 0.25) is 0 Å². The van der Waals surface area contributed by atoms with Crippen molar-refractivity contribution in [3.8, 4) is 0 Å². The maximum atomic E-state index is 12.3. The third kappa shape index (κ3) is 4.95. The molecule has 2 fully saturated rings. The van der Waals surface area contributed by atoms with E-state index in [4.69, 9.17) is 0 Å². The number of carbonyl (C=O) groups excluding carboxylic acids is 1. The maximum Gasteiger partial charge on any atom is 0.224 e. The van der Waals surface area contributed by atoms with Crippen molar-refractivity contribution in [2.24, 2.45) is 0 Å². The number of sulfone groups is 1. The highest BCUT2D eigenvalue weighted by molar-refractivity contribution is 7.91. The topological polar surface area (TPSA) is 66.5 Å². The molecule has 0 bridgehead atoms. The molecule has 1 heterocycles. The van der Waals surface area contributed by atoms with E-state index in [1.165, 1.54) is 32.1 Å². The van der Waals surface area contributed by atoms with E-state index in [2.05, 4.69) is 5.32 Å². The Balaban J connectivity index is 1.75. The predicted molar refractivity (Wildman–Crippen MR) is 83.9 cm³/mol. The molecule has 0 spiro atoms. The fourth-order valence-electron chi connectivity index (χ4n) is 3.49. The summed E-state index contributed by atoms with van der Waals surface area (Å²) < 4.78 is 23.1. The molecule has 6 heteroatoms. The van der Waals surface area contributed by atoms with E-state index in [1.807, 2.05) is 6.92 Å². The van der Waals surface area contributed by atoms with Gasteiger partial charge in [-0.15, -0.1) is 0 Å². The summed E-state index contributed by atoms with van der Waals surface area (Å²) >= 11 is 0. The van der Waals surface area contributed by atoms with E-state index in [0.29, 0.717) is 32.0 Å². The molecule has 1 saturated carbocycles. The van der Waals surface area contributed by atoms with Crippen molar-refractivity contribution in [3.05, 3.63) is 0 Å². The van der Waals surface area contributed by atoms with Crippen molar-refractivity contribution in [2.45, 2.75) is 64.0 Å². The van der Waals surface area contributed by atoms with Crippen molar-refractivity contribution in [1.82, 2.24) is 10.2 Å². The SMILES string of the molecule is CCN(C(=O)CCNC1CCCCC1)C1CCS(=O)(=O)C1. The van der Waals surface area contributed by atoms with Gasteiger partial charge in [-0.2, -0.15) is 0 Å². The van der Waals surface area contributed by atoms with Gasteiger partial charge in [0.25, 0.3) is 0 Å². The molecule has 1 aliphatic heterocycles. The lowest BCUT2D eigenvalue weighted by Crippen LogP contribution is -2.42. The van der Waals surface area contributed by atoms with E-state index in [-0.39, 0.29) is 23.5 Å².